The molecular weight excluding hydrogens is 172 g/mol. The topological polar surface area (TPSA) is 26.3 Å². The van der Waals surface area contributed by atoms with E-state index in [-0.39, 0.29) is 11.9 Å². The normalized spacial score (nSPS) is 22.6. The Morgan fingerprint density at radius 1 is 1.75 bits per heavy atom. The van der Waals surface area contributed by atoms with E-state index in [1.54, 1.807) is 18.7 Å². The van der Waals surface area contributed by atoms with Crippen LogP contribution in [0.1, 0.15) is 13.3 Å². The first-order valence-electron chi connectivity index (χ1n) is 3.96. The van der Waals surface area contributed by atoms with Crippen molar-refractivity contribution in [3.05, 3.63) is 0 Å². The van der Waals surface area contributed by atoms with Crippen LogP contribution in [0.4, 0.5) is 0 Å². The third-order valence-electron chi connectivity index (χ3n) is 1.61. The summed E-state index contributed by atoms with van der Waals surface area (Å²) in [6.07, 6.45) is 0.131. The van der Waals surface area contributed by atoms with Crippen molar-refractivity contribution in [2.75, 3.05) is 18.1 Å². The van der Waals surface area contributed by atoms with Crippen molar-refractivity contribution in [2.45, 2.75) is 19.4 Å². The van der Waals surface area contributed by atoms with Crippen LogP contribution in [0.2, 0.25) is 0 Å². The number of rotatable bonds is 2. The van der Waals surface area contributed by atoms with Crippen LogP contribution in [0.3, 0.4) is 0 Å². The molecule has 0 amide bonds. The second-order valence-electron chi connectivity index (χ2n) is 2.50. The lowest BCUT2D eigenvalue weighted by molar-refractivity contribution is -0.128. The fourth-order valence-electron chi connectivity index (χ4n) is 0.963. The highest BCUT2D eigenvalue weighted by molar-refractivity contribution is 7.99. The van der Waals surface area contributed by atoms with E-state index < -0.39 is 0 Å². The third-order valence-corrected chi connectivity index (χ3v) is 2.61. The molecule has 0 aromatic heterocycles. The van der Waals surface area contributed by atoms with Crippen molar-refractivity contribution in [1.29, 1.82) is 0 Å². The van der Waals surface area contributed by atoms with E-state index in [0.29, 0.717) is 13.0 Å². The molecule has 0 aromatic carbocycles. The Labute approximate surface area is 77.1 Å². The molecule has 1 aliphatic heterocycles. The summed E-state index contributed by atoms with van der Waals surface area (Å²) in [6, 6.07) is 0. The van der Waals surface area contributed by atoms with E-state index in [2.05, 4.69) is 11.8 Å². The van der Waals surface area contributed by atoms with Crippen molar-refractivity contribution < 1.29 is 9.53 Å². The zero-order valence-corrected chi connectivity index (χ0v) is 7.95. The number of thioether (sulfide) groups is 1. The maximum absolute atomic E-state index is 11.3. The molecule has 1 heterocycles. The molecule has 0 N–H and O–H groups in total. The molecule has 2 nitrogen and oxygen atoms in total. The molecule has 0 aliphatic carbocycles. The van der Waals surface area contributed by atoms with Gasteiger partial charge in [-0.1, -0.05) is 5.92 Å². The van der Waals surface area contributed by atoms with E-state index in [0.717, 1.165) is 11.5 Å². The number of carbonyl (C=O) groups excluding carboxylic acids is 1. The van der Waals surface area contributed by atoms with Crippen molar-refractivity contribution in [3.8, 4) is 11.8 Å². The number of hydrogen-bond acceptors (Lipinski definition) is 3. The molecular formula is C9H12O2S. The van der Waals surface area contributed by atoms with Gasteiger partial charge in [-0.3, -0.25) is 4.79 Å². The Morgan fingerprint density at radius 3 is 3.17 bits per heavy atom. The van der Waals surface area contributed by atoms with Crippen LogP contribution < -0.4 is 0 Å². The lowest BCUT2D eigenvalue weighted by atomic mass is 10.2. The lowest BCUT2D eigenvalue weighted by Crippen LogP contribution is -2.31. The summed E-state index contributed by atoms with van der Waals surface area (Å²) in [5.74, 6) is 7.38. The Bertz CT molecular complexity index is 208. The summed E-state index contributed by atoms with van der Waals surface area (Å²) in [7, 11) is 0. The van der Waals surface area contributed by atoms with Gasteiger partial charge in [0, 0.05) is 11.5 Å². The van der Waals surface area contributed by atoms with Crippen molar-refractivity contribution in [3.63, 3.8) is 0 Å². The van der Waals surface area contributed by atoms with E-state index in [1.165, 1.54) is 0 Å². The van der Waals surface area contributed by atoms with Crippen molar-refractivity contribution in [2.24, 2.45) is 0 Å². The molecule has 0 spiro atoms. The maximum Gasteiger partial charge on any atom is 0.174 e. The fraction of sp³-hybridized carbons (Fsp3) is 0.667. The van der Waals surface area contributed by atoms with Gasteiger partial charge in [-0.15, -0.1) is 5.92 Å². The fourth-order valence-corrected chi connectivity index (χ4v) is 1.84. The van der Waals surface area contributed by atoms with Crippen LogP contribution >= 0.6 is 11.8 Å². The quantitative estimate of drug-likeness (QED) is 0.601. The second-order valence-corrected chi connectivity index (χ2v) is 3.65. The molecule has 0 saturated carbocycles. The van der Waals surface area contributed by atoms with Gasteiger partial charge in [0.15, 0.2) is 5.78 Å². The molecule has 1 rings (SSSR count). The van der Waals surface area contributed by atoms with Crippen molar-refractivity contribution >= 4 is 17.5 Å². The van der Waals surface area contributed by atoms with Crippen molar-refractivity contribution in [1.82, 2.24) is 0 Å². The van der Waals surface area contributed by atoms with Crippen LogP contribution in [0, 0.1) is 11.8 Å². The minimum atomic E-state index is -0.204. The molecule has 1 saturated heterocycles. The van der Waals surface area contributed by atoms with Crippen LogP contribution in [-0.2, 0) is 9.53 Å². The van der Waals surface area contributed by atoms with Gasteiger partial charge < -0.3 is 4.74 Å². The molecule has 3 heteroatoms. The minimum Gasteiger partial charge on any atom is -0.369 e. The summed E-state index contributed by atoms with van der Waals surface area (Å²) < 4.78 is 5.30. The summed E-state index contributed by atoms with van der Waals surface area (Å²) in [6.45, 7) is 2.43. The monoisotopic (exact) mass is 184 g/mol. The first kappa shape index (κ1) is 9.63. The highest BCUT2D eigenvalue weighted by atomic mass is 32.2. The lowest BCUT2D eigenvalue weighted by Gasteiger charge is -2.19. The largest absolute Gasteiger partial charge is 0.369 e. The number of hydrogen-bond donors (Lipinski definition) is 0. The second kappa shape index (κ2) is 5.23. The van der Waals surface area contributed by atoms with E-state index >= 15 is 0 Å². The molecule has 66 valence electrons. The van der Waals surface area contributed by atoms with Crippen LogP contribution in [0.5, 0.6) is 0 Å². The molecule has 1 atom stereocenters. The average Bonchev–Trinajstić information content (AvgIpc) is 2.15. The maximum atomic E-state index is 11.3. The average molecular weight is 184 g/mol. The molecule has 0 radical (unpaired) electrons. The molecule has 12 heavy (non-hydrogen) atoms. The molecule has 1 aliphatic rings. The minimum absolute atomic E-state index is 0.122. The first-order valence-corrected chi connectivity index (χ1v) is 5.11. The van der Waals surface area contributed by atoms with E-state index in [1.807, 2.05) is 0 Å². The first-order chi connectivity index (χ1) is 5.84. The predicted molar refractivity (Wildman–Crippen MR) is 50.1 cm³/mol. The van der Waals surface area contributed by atoms with Gasteiger partial charge in [0.05, 0.1) is 13.0 Å². The zero-order valence-electron chi connectivity index (χ0n) is 7.13. The van der Waals surface area contributed by atoms with Gasteiger partial charge in [0.1, 0.15) is 6.10 Å². The van der Waals surface area contributed by atoms with E-state index in [9.17, 15) is 4.79 Å². The number of carbonyl (C=O) groups is 1. The van der Waals surface area contributed by atoms with Crippen LogP contribution in [0.25, 0.3) is 0 Å². The summed E-state index contributed by atoms with van der Waals surface area (Å²) >= 11 is 1.77. The number of Topliss-reactive ketones (excluding diaryl/α,β-unsaturated/α-hetero) is 1. The van der Waals surface area contributed by atoms with Gasteiger partial charge in [-0.25, -0.2) is 0 Å². The molecule has 1 unspecified atom stereocenters. The zero-order chi connectivity index (χ0) is 8.81. The highest BCUT2D eigenvalue weighted by Crippen LogP contribution is 2.13. The Balaban J connectivity index is 2.33. The number of ether oxygens (including phenoxy) is 1. The van der Waals surface area contributed by atoms with Gasteiger partial charge in [-0.2, -0.15) is 11.8 Å². The molecule has 1 fully saturated rings. The van der Waals surface area contributed by atoms with Gasteiger partial charge in [-0.05, 0) is 6.92 Å². The smallest absolute Gasteiger partial charge is 0.174 e. The molecule has 0 aromatic rings. The Morgan fingerprint density at radius 2 is 2.58 bits per heavy atom. The summed E-state index contributed by atoms with van der Waals surface area (Å²) in [5, 5.41) is 0. The predicted octanol–water partition coefficient (Wildman–Crippen LogP) is 1.10. The highest BCUT2D eigenvalue weighted by Gasteiger charge is 2.20. The number of ketones is 1. The SMILES string of the molecule is CC#CCC(=O)C1CSCCO1. The van der Waals surface area contributed by atoms with Crippen LogP contribution in [0.15, 0.2) is 0 Å². The van der Waals surface area contributed by atoms with Crippen LogP contribution in [-0.4, -0.2) is 30.0 Å². The van der Waals surface area contributed by atoms with E-state index in [4.69, 9.17) is 4.74 Å². The standard InChI is InChI=1S/C9H12O2S/c1-2-3-4-8(10)9-7-12-6-5-11-9/h9H,4-7H2,1H3. The summed E-state index contributed by atoms with van der Waals surface area (Å²) in [4.78, 5) is 11.3. The van der Waals surface area contributed by atoms with Gasteiger partial charge in [0.2, 0.25) is 0 Å². The third kappa shape index (κ3) is 2.88. The molecule has 0 bridgehead atoms. The summed E-state index contributed by atoms with van der Waals surface area (Å²) in [5.41, 5.74) is 0. The van der Waals surface area contributed by atoms with Gasteiger partial charge in [0.25, 0.3) is 0 Å². The Kier molecular flexibility index (Phi) is 4.20. The Hall–Kier alpha value is -0.460. The van der Waals surface area contributed by atoms with Gasteiger partial charge >= 0.3 is 0 Å².